The Hall–Kier alpha value is -0.710. The second kappa shape index (κ2) is 6.64. The molecule has 1 amide bonds. The zero-order valence-corrected chi connectivity index (χ0v) is 12.5. The molecule has 0 radical (unpaired) electrons. The Morgan fingerprint density at radius 1 is 1.47 bits per heavy atom. The first-order valence-electron chi connectivity index (χ1n) is 6.28. The van der Waals surface area contributed by atoms with Gasteiger partial charge in [0.2, 0.25) is 5.91 Å². The predicted octanol–water partition coefficient (Wildman–Crippen LogP) is 2.52. The molecular weight excluding hydrogens is 282 g/mol. The quantitative estimate of drug-likeness (QED) is 0.908. The van der Waals surface area contributed by atoms with Crippen molar-refractivity contribution in [3.05, 3.63) is 34.9 Å². The number of carbonyl (C=O) groups excluding carboxylic acids is 1. The third-order valence-electron chi connectivity index (χ3n) is 3.39. The molecule has 2 rings (SSSR count). The number of hydrogen-bond donors (Lipinski definition) is 1. The van der Waals surface area contributed by atoms with Crippen LogP contribution in [0.25, 0.3) is 0 Å². The van der Waals surface area contributed by atoms with E-state index >= 15 is 0 Å². The van der Waals surface area contributed by atoms with E-state index < -0.39 is 0 Å². The van der Waals surface area contributed by atoms with E-state index in [0.717, 1.165) is 23.5 Å². The van der Waals surface area contributed by atoms with Crippen LogP contribution in [0.3, 0.4) is 0 Å². The number of halogens is 1. The maximum absolute atomic E-state index is 11.9. The molecule has 3 nitrogen and oxygen atoms in total. The SMILES string of the molecule is COC1(CNC(=O)Cc2ccc(Cl)cc2)CCSC1. The number of carbonyl (C=O) groups is 1. The minimum Gasteiger partial charge on any atom is -0.376 e. The molecule has 1 aromatic rings. The van der Waals surface area contributed by atoms with Crippen molar-refractivity contribution < 1.29 is 9.53 Å². The Bertz CT molecular complexity index is 430. The molecule has 1 N–H and O–H groups in total. The highest BCUT2D eigenvalue weighted by molar-refractivity contribution is 7.99. The van der Waals surface area contributed by atoms with Crippen LogP contribution in [-0.4, -0.2) is 36.7 Å². The molecule has 0 aliphatic carbocycles. The van der Waals surface area contributed by atoms with E-state index in [9.17, 15) is 4.79 Å². The van der Waals surface area contributed by atoms with E-state index in [0.29, 0.717) is 18.0 Å². The minimum absolute atomic E-state index is 0.0237. The molecule has 1 heterocycles. The van der Waals surface area contributed by atoms with Gasteiger partial charge in [0, 0.05) is 24.4 Å². The van der Waals surface area contributed by atoms with E-state index in [4.69, 9.17) is 16.3 Å². The van der Waals surface area contributed by atoms with Gasteiger partial charge in [-0.15, -0.1) is 0 Å². The summed E-state index contributed by atoms with van der Waals surface area (Å²) in [5, 5.41) is 3.65. The molecule has 1 saturated heterocycles. The lowest BCUT2D eigenvalue weighted by Gasteiger charge is -2.26. The molecule has 104 valence electrons. The first kappa shape index (κ1) is 14.7. The first-order valence-corrected chi connectivity index (χ1v) is 7.81. The molecule has 0 spiro atoms. The lowest BCUT2D eigenvalue weighted by atomic mass is 10.0. The van der Waals surface area contributed by atoms with E-state index in [2.05, 4.69) is 5.32 Å². The Labute approximate surface area is 123 Å². The van der Waals surface area contributed by atoms with Gasteiger partial charge in [-0.1, -0.05) is 23.7 Å². The zero-order valence-electron chi connectivity index (χ0n) is 10.9. The van der Waals surface area contributed by atoms with Gasteiger partial charge in [0.25, 0.3) is 0 Å². The molecule has 0 saturated carbocycles. The van der Waals surface area contributed by atoms with Crippen LogP contribution in [0.5, 0.6) is 0 Å². The zero-order chi connectivity index (χ0) is 13.7. The van der Waals surface area contributed by atoms with Crippen LogP contribution in [-0.2, 0) is 16.0 Å². The fraction of sp³-hybridized carbons (Fsp3) is 0.500. The molecule has 1 aliphatic rings. The summed E-state index contributed by atoms with van der Waals surface area (Å²) in [4.78, 5) is 11.9. The van der Waals surface area contributed by atoms with Gasteiger partial charge in [0.05, 0.1) is 12.0 Å². The van der Waals surface area contributed by atoms with Gasteiger partial charge in [0.15, 0.2) is 0 Å². The highest BCUT2D eigenvalue weighted by Crippen LogP contribution is 2.30. The summed E-state index contributed by atoms with van der Waals surface area (Å²) in [7, 11) is 1.72. The van der Waals surface area contributed by atoms with Crippen LogP contribution in [0.15, 0.2) is 24.3 Å². The average molecular weight is 300 g/mol. The third-order valence-corrected chi connectivity index (χ3v) is 4.86. The Balaban J connectivity index is 1.82. The standard InChI is InChI=1S/C14H18ClNO2S/c1-18-14(6-7-19-10-14)9-16-13(17)8-11-2-4-12(15)5-3-11/h2-5H,6-10H2,1H3,(H,16,17). The molecule has 0 bridgehead atoms. The van der Waals surface area contributed by atoms with E-state index in [1.165, 1.54) is 0 Å². The third kappa shape index (κ3) is 4.13. The van der Waals surface area contributed by atoms with Crippen LogP contribution < -0.4 is 5.32 Å². The molecule has 1 unspecified atom stereocenters. The number of thioether (sulfide) groups is 1. The topological polar surface area (TPSA) is 38.3 Å². The van der Waals surface area contributed by atoms with Crippen molar-refractivity contribution in [1.29, 1.82) is 0 Å². The molecule has 19 heavy (non-hydrogen) atoms. The Morgan fingerprint density at radius 2 is 2.21 bits per heavy atom. The number of rotatable bonds is 5. The summed E-state index contributed by atoms with van der Waals surface area (Å²) in [6.45, 7) is 0.586. The maximum Gasteiger partial charge on any atom is 0.224 e. The molecule has 1 fully saturated rings. The number of nitrogens with one attached hydrogen (secondary N) is 1. The van der Waals surface area contributed by atoms with E-state index in [1.54, 1.807) is 19.2 Å². The van der Waals surface area contributed by atoms with Crippen LogP contribution in [0.2, 0.25) is 5.02 Å². The molecule has 1 atom stereocenters. The van der Waals surface area contributed by atoms with Crippen molar-refractivity contribution in [3.63, 3.8) is 0 Å². The summed E-state index contributed by atoms with van der Waals surface area (Å²) in [5.41, 5.74) is 0.787. The van der Waals surface area contributed by atoms with Gasteiger partial charge in [-0.2, -0.15) is 11.8 Å². The predicted molar refractivity (Wildman–Crippen MR) is 79.8 cm³/mol. The average Bonchev–Trinajstić information content (AvgIpc) is 2.89. The normalized spacial score (nSPS) is 22.4. The lowest BCUT2D eigenvalue weighted by molar-refractivity contribution is -0.121. The summed E-state index contributed by atoms with van der Waals surface area (Å²) >= 11 is 7.69. The number of hydrogen-bond acceptors (Lipinski definition) is 3. The second-order valence-electron chi connectivity index (χ2n) is 4.77. The van der Waals surface area contributed by atoms with Crippen LogP contribution in [0.4, 0.5) is 0 Å². The fourth-order valence-corrected chi connectivity index (χ4v) is 3.59. The number of methoxy groups -OCH3 is 1. The van der Waals surface area contributed by atoms with Gasteiger partial charge >= 0.3 is 0 Å². The summed E-state index contributed by atoms with van der Waals surface area (Å²) < 4.78 is 5.56. The van der Waals surface area contributed by atoms with Gasteiger partial charge in [0.1, 0.15) is 0 Å². The van der Waals surface area contributed by atoms with Crippen LogP contribution in [0.1, 0.15) is 12.0 Å². The van der Waals surface area contributed by atoms with Crippen LogP contribution >= 0.6 is 23.4 Å². The Morgan fingerprint density at radius 3 is 2.79 bits per heavy atom. The highest BCUT2D eigenvalue weighted by Gasteiger charge is 2.34. The van der Waals surface area contributed by atoms with Gasteiger partial charge in [-0.3, -0.25) is 4.79 Å². The van der Waals surface area contributed by atoms with Gasteiger partial charge < -0.3 is 10.1 Å². The summed E-state index contributed by atoms with van der Waals surface area (Å²) in [5.74, 6) is 2.07. The van der Waals surface area contributed by atoms with Crippen molar-refractivity contribution in [3.8, 4) is 0 Å². The van der Waals surface area contributed by atoms with Crippen LogP contribution in [0, 0.1) is 0 Å². The molecule has 5 heteroatoms. The van der Waals surface area contributed by atoms with E-state index in [1.807, 2.05) is 23.9 Å². The summed E-state index contributed by atoms with van der Waals surface area (Å²) in [6, 6.07) is 7.35. The van der Waals surface area contributed by atoms with Crippen molar-refractivity contribution >= 4 is 29.3 Å². The Kier molecular flexibility index (Phi) is 5.13. The highest BCUT2D eigenvalue weighted by atomic mass is 35.5. The minimum atomic E-state index is -0.180. The fourth-order valence-electron chi connectivity index (χ4n) is 2.07. The molecule has 1 aromatic carbocycles. The van der Waals surface area contributed by atoms with Crippen molar-refractivity contribution in [2.75, 3.05) is 25.2 Å². The smallest absolute Gasteiger partial charge is 0.224 e. The lowest BCUT2D eigenvalue weighted by Crippen LogP contribution is -2.44. The van der Waals surface area contributed by atoms with Gasteiger partial charge in [-0.25, -0.2) is 0 Å². The molecule has 1 aliphatic heterocycles. The number of ether oxygens (including phenoxy) is 1. The monoisotopic (exact) mass is 299 g/mol. The molecule has 0 aromatic heterocycles. The second-order valence-corrected chi connectivity index (χ2v) is 6.31. The number of amides is 1. The molecular formula is C14H18ClNO2S. The van der Waals surface area contributed by atoms with E-state index in [-0.39, 0.29) is 11.5 Å². The largest absolute Gasteiger partial charge is 0.376 e. The first-order chi connectivity index (χ1) is 9.13. The number of benzene rings is 1. The van der Waals surface area contributed by atoms with Crippen molar-refractivity contribution in [2.45, 2.75) is 18.4 Å². The van der Waals surface area contributed by atoms with Crippen molar-refractivity contribution in [2.24, 2.45) is 0 Å². The van der Waals surface area contributed by atoms with Crippen molar-refractivity contribution in [1.82, 2.24) is 5.32 Å². The maximum atomic E-state index is 11.9. The van der Waals surface area contributed by atoms with Gasteiger partial charge in [-0.05, 0) is 29.9 Å². The summed E-state index contributed by atoms with van der Waals surface area (Å²) in [6.07, 6.45) is 1.37.